The topological polar surface area (TPSA) is 68.2 Å². The maximum Gasteiger partial charge on any atom is 0.152 e. The second-order valence-corrected chi connectivity index (χ2v) is 6.25. The summed E-state index contributed by atoms with van der Waals surface area (Å²) < 4.78 is 1.88. The Labute approximate surface area is 120 Å². The second kappa shape index (κ2) is 5.79. The molecule has 0 aliphatic carbocycles. The molecule has 0 fully saturated rings. The molecule has 5 heteroatoms. The van der Waals surface area contributed by atoms with E-state index in [1.54, 1.807) is 6.20 Å². The van der Waals surface area contributed by atoms with Gasteiger partial charge in [0.25, 0.3) is 0 Å². The van der Waals surface area contributed by atoms with Crippen molar-refractivity contribution < 1.29 is 0 Å². The summed E-state index contributed by atoms with van der Waals surface area (Å²) in [5.41, 5.74) is 7.91. The molecular formula is C15H25N5. The van der Waals surface area contributed by atoms with E-state index in [0.717, 1.165) is 29.9 Å². The first kappa shape index (κ1) is 14.8. The van der Waals surface area contributed by atoms with E-state index in [-0.39, 0.29) is 11.5 Å². The fourth-order valence-electron chi connectivity index (χ4n) is 2.19. The molecule has 2 heterocycles. The van der Waals surface area contributed by atoms with E-state index in [0.29, 0.717) is 6.54 Å². The Morgan fingerprint density at radius 1 is 1.40 bits per heavy atom. The average Bonchev–Trinajstić information content (AvgIpc) is 2.83. The molecule has 0 spiro atoms. The van der Waals surface area contributed by atoms with E-state index in [1.807, 2.05) is 10.7 Å². The first-order chi connectivity index (χ1) is 9.45. The molecule has 0 aliphatic rings. The lowest BCUT2D eigenvalue weighted by Crippen LogP contribution is -2.29. The van der Waals surface area contributed by atoms with Crippen LogP contribution in [0.25, 0.3) is 5.52 Å². The van der Waals surface area contributed by atoms with E-state index in [4.69, 9.17) is 5.73 Å². The second-order valence-electron chi connectivity index (χ2n) is 6.25. The van der Waals surface area contributed by atoms with Crippen LogP contribution in [0.3, 0.4) is 0 Å². The fourth-order valence-corrected chi connectivity index (χ4v) is 2.19. The molecular weight excluding hydrogens is 250 g/mol. The van der Waals surface area contributed by atoms with Crippen LogP contribution in [0.15, 0.2) is 18.5 Å². The number of anilines is 1. The predicted octanol–water partition coefficient (Wildman–Crippen LogP) is 2.57. The van der Waals surface area contributed by atoms with E-state index in [1.165, 1.54) is 0 Å². The van der Waals surface area contributed by atoms with Crippen molar-refractivity contribution in [2.75, 3.05) is 11.9 Å². The van der Waals surface area contributed by atoms with E-state index in [9.17, 15) is 0 Å². The molecule has 3 N–H and O–H groups in total. The largest absolute Gasteiger partial charge is 0.364 e. The molecule has 0 aliphatic heterocycles. The van der Waals surface area contributed by atoms with Crippen LogP contribution < -0.4 is 11.1 Å². The lowest BCUT2D eigenvalue weighted by Gasteiger charge is -2.16. The summed E-state index contributed by atoms with van der Waals surface area (Å²) in [4.78, 5) is 4.44. The van der Waals surface area contributed by atoms with Crippen molar-refractivity contribution in [2.45, 2.75) is 52.0 Å². The van der Waals surface area contributed by atoms with Crippen molar-refractivity contribution in [2.24, 2.45) is 5.73 Å². The minimum atomic E-state index is 0.0278. The Balaban J connectivity index is 2.36. The van der Waals surface area contributed by atoms with E-state index < -0.39 is 0 Å². The number of hydrogen-bond donors (Lipinski definition) is 2. The van der Waals surface area contributed by atoms with Crippen molar-refractivity contribution in [1.29, 1.82) is 0 Å². The van der Waals surface area contributed by atoms with Gasteiger partial charge in [-0.2, -0.15) is 5.10 Å². The molecule has 0 bridgehead atoms. The number of nitrogens with two attached hydrogens (primary N) is 1. The van der Waals surface area contributed by atoms with Gasteiger partial charge < -0.3 is 11.1 Å². The number of fused-ring (bicyclic) bond motifs is 1. The summed E-state index contributed by atoms with van der Waals surface area (Å²) in [5.74, 6) is 0.861. The van der Waals surface area contributed by atoms with Crippen molar-refractivity contribution in [1.82, 2.24) is 14.6 Å². The number of nitrogens with one attached hydrogen (secondary N) is 1. The first-order valence-corrected chi connectivity index (χ1v) is 7.27. The normalized spacial score (nSPS) is 13.7. The summed E-state index contributed by atoms with van der Waals surface area (Å²) >= 11 is 0. The van der Waals surface area contributed by atoms with Gasteiger partial charge in [0.1, 0.15) is 5.52 Å². The molecule has 5 nitrogen and oxygen atoms in total. The average molecular weight is 275 g/mol. The zero-order valence-corrected chi connectivity index (χ0v) is 12.8. The SMILES string of the molecule is CCCC(CN)Nc1nccn2nc(C(C)(C)C)cc12. The molecule has 0 amide bonds. The van der Waals surface area contributed by atoms with Crippen molar-refractivity contribution >= 4 is 11.3 Å². The fraction of sp³-hybridized carbons (Fsp3) is 0.600. The third kappa shape index (κ3) is 3.10. The van der Waals surface area contributed by atoms with Gasteiger partial charge in [0.2, 0.25) is 0 Å². The predicted molar refractivity (Wildman–Crippen MR) is 83.1 cm³/mol. The third-order valence-corrected chi connectivity index (χ3v) is 3.42. The summed E-state index contributed by atoms with van der Waals surface area (Å²) in [7, 11) is 0. The molecule has 2 aromatic heterocycles. The smallest absolute Gasteiger partial charge is 0.152 e. The van der Waals surface area contributed by atoms with Crippen molar-refractivity contribution in [3.8, 4) is 0 Å². The number of rotatable bonds is 5. The lowest BCUT2D eigenvalue weighted by molar-refractivity contribution is 0.562. The molecule has 20 heavy (non-hydrogen) atoms. The summed E-state index contributed by atoms with van der Waals surface area (Å²) in [6.07, 6.45) is 5.80. The van der Waals surface area contributed by atoms with E-state index in [2.05, 4.69) is 49.2 Å². The molecule has 1 atom stereocenters. The highest BCUT2D eigenvalue weighted by molar-refractivity contribution is 5.68. The summed E-state index contributed by atoms with van der Waals surface area (Å²) in [5, 5.41) is 8.07. The molecule has 2 aromatic rings. The minimum Gasteiger partial charge on any atom is -0.364 e. The molecule has 0 radical (unpaired) electrons. The molecule has 1 unspecified atom stereocenters. The number of nitrogens with zero attached hydrogens (tertiary/aromatic N) is 3. The Bertz CT molecular complexity index is 567. The Kier molecular flexibility index (Phi) is 4.28. The van der Waals surface area contributed by atoms with Gasteiger partial charge in [-0.15, -0.1) is 0 Å². The van der Waals surface area contributed by atoms with Gasteiger partial charge in [-0.05, 0) is 12.5 Å². The highest BCUT2D eigenvalue weighted by Gasteiger charge is 2.19. The number of aromatic nitrogens is 3. The number of hydrogen-bond acceptors (Lipinski definition) is 4. The van der Waals surface area contributed by atoms with Gasteiger partial charge in [0, 0.05) is 30.4 Å². The highest BCUT2D eigenvalue weighted by Crippen LogP contribution is 2.24. The van der Waals surface area contributed by atoms with Crippen molar-refractivity contribution in [3.63, 3.8) is 0 Å². The van der Waals surface area contributed by atoms with E-state index >= 15 is 0 Å². The van der Waals surface area contributed by atoms with Gasteiger partial charge in [0.05, 0.1) is 5.69 Å². The summed E-state index contributed by atoms with van der Waals surface area (Å²) in [6, 6.07) is 2.36. The maximum atomic E-state index is 5.81. The zero-order chi connectivity index (χ0) is 14.8. The Morgan fingerprint density at radius 3 is 2.75 bits per heavy atom. The van der Waals surface area contributed by atoms with Gasteiger partial charge >= 0.3 is 0 Å². The van der Waals surface area contributed by atoms with Crippen LogP contribution in [-0.2, 0) is 5.41 Å². The quantitative estimate of drug-likeness (QED) is 0.880. The van der Waals surface area contributed by atoms with Gasteiger partial charge in [-0.1, -0.05) is 34.1 Å². The third-order valence-electron chi connectivity index (χ3n) is 3.42. The molecule has 0 aromatic carbocycles. The Morgan fingerprint density at radius 2 is 2.15 bits per heavy atom. The molecule has 0 saturated heterocycles. The standard InChI is InChI=1S/C15H25N5/c1-5-6-11(10-16)18-14-12-9-13(15(2,3)4)19-20(12)8-7-17-14/h7-9,11H,5-6,10,16H2,1-4H3,(H,17,18). The van der Waals surface area contributed by atoms with Crippen LogP contribution in [0, 0.1) is 0 Å². The van der Waals surface area contributed by atoms with Crippen LogP contribution in [0.5, 0.6) is 0 Å². The highest BCUT2D eigenvalue weighted by atomic mass is 15.2. The first-order valence-electron chi connectivity index (χ1n) is 7.27. The minimum absolute atomic E-state index is 0.0278. The maximum absolute atomic E-state index is 5.81. The van der Waals surface area contributed by atoms with Gasteiger partial charge in [-0.25, -0.2) is 9.50 Å². The monoisotopic (exact) mass is 275 g/mol. The molecule has 0 saturated carbocycles. The molecule has 110 valence electrons. The van der Waals surface area contributed by atoms with Crippen molar-refractivity contribution in [3.05, 3.63) is 24.2 Å². The van der Waals surface area contributed by atoms with Gasteiger partial charge in [0.15, 0.2) is 5.82 Å². The Hall–Kier alpha value is -1.62. The van der Waals surface area contributed by atoms with Crippen LogP contribution in [0.2, 0.25) is 0 Å². The van der Waals surface area contributed by atoms with Crippen LogP contribution in [0.1, 0.15) is 46.2 Å². The van der Waals surface area contributed by atoms with Gasteiger partial charge in [-0.3, -0.25) is 0 Å². The lowest BCUT2D eigenvalue weighted by atomic mass is 9.92. The summed E-state index contributed by atoms with van der Waals surface area (Å²) in [6.45, 7) is 9.25. The van der Waals surface area contributed by atoms with Crippen LogP contribution in [-0.4, -0.2) is 27.2 Å². The van der Waals surface area contributed by atoms with Crippen LogP contribution in [0.4, 0.5) is 5.82 Å². The zero-order valence-electron chi connectivity index (χ0n) is 12.8. The molecule has 2 rings (SSSR count). The van der Waals surface area contributed by atoms with Crippen LogP contribution >= 0.6 is 0 Å².